The van der Waals surface area contributed by atoms with Gasteiger partial charge in [-0.3, -0.25) is 14.5 Å². The summed E-state index contributed by atoms with van der Waals surface area (Å²) in [5.41, 5.74) is 9.92. The Labute approximate surface area is 181 Å². The van der Waals surface area contributed by atoms with Crippen molar-refractivity contribution in [1.29, 1.82) is 0 Å². The Morgan fingerprint density at radius 1 is 1.25 bits per heavy atom. The molecule has 0 saturated carbocycles. The molecule has 8 nitrogen and oxygen atoms in total. The molecular formula is C21H24F3N5O3. The van der Waals surface area contributed by atoms with Crippen LogP contribution in [0.1, 0.15) is 57.6 Å². The number of nitrogens with zero attached hydrogens (tertiary/aromatic N) is 2. The number of nitrogens with two attached hydrogens (primary N) is 2. The van der Waals surface area contributed by atoms with Gasteiger partial charge in [-0.25, -0.2) is 0 Å². The van der Waals surface area contributed by atoms with Crippen molar-refractivity contribution in [3.63, 3.8) is 0 Å². The first-order chi connectivity index (χ1) is 15.0. The number of carbonyl (C=O) groups excluding carboxylic acids is 1. The number of benzene rings is 1. The number of aromatic nitrogens is 1. The monoisotopic (exact) mass is 451 g/mol. The smallest absolute Gasteiger partial charge is 0.374 e. The number of rotatable bonds is 4. The summed E-state index contributed by atoms with van der Waals surface area (Å²) in [6, 6.07) is 4.99. The number of likely N-dealkylation sites (tertiary alicyclic amines) is 1. The third-order valence-electron chi connectivity index (χ3n) is 5.58. The molecule has 1 aliphatic rings. The van der Waals surface area contributed by atoms with Crippen LogP contribution in [0.4, 0.5) is 13.2 Å². The van der Waals surface area contributed by atoms with Crippen LogP contribution in [0.3, 0.4) is 0 Å². The summed E-state index contributed by atoms with van der Waals surface area (Å²) in [5, 5.41) is 10.5. The Balaban J connectivity index is 1.84. The predicted octanol–water partition coefficient (Wildman–Crippen LogP) is 1.99. The number of aromatic amines is 1. The normalized spacial score (nSPS) is 16.5. The number of aliphatic hydroxyl groups excluding tert-OH is 1. The molecule has 1 aromatic heterocycles. The van der Waals surface area contributed by atoms with Gasteiger partial charge < -0.3 is 21.6 Å². The number of aliphatic hydroxyl groups is 1. The summed E-state index contributed by atoms with van der Waals surface area (Å²) < 4.78 is 41.5. The molecule has 0 aliphatic carbocycles. The fraction of sp³-hybridized carbons (Fsp3) is 0.381. The van der Waals surface area contributed by atoms with E-state index in [0.29, 0.717) is 37.1 Å². The highest BCUT2D eigenvalue weighted by molar-refractivity contribution is 6.03. The van der Waals surface area contributed by atoms with E-state index in [2.05, 4.69) is 9.98 Å². The quantitative estimate of drug-likeness (QED) is 0.414. The van der Waals surface area contributed by atoms with Crippen LogP contribution in [0.5, 0.6) is 0 Å². The third-order valence-corrected chi connectivity index (χ3v) is 5.58. The largest absolute Gasteiger partial charge is 0.416 e. The summed E-state index contributed by atoms with van der Waals surface area (Å²) in [4.78, 5) is 30.9. The molecule has 32 heavy (non-hydrogen) atoms. The molecular weight excluding hydrogens is 427 g/mol. The molecule has 3 rings (SSSR count). The number of nitrogens with one attached hydrogen (secondary N) is 1. The molecule has 6 N–H and O–H groups in total. The van der Waals surface area contributed by atoms with E-state index in [0.717, 1.165) is 6.07 Å². The Morgan fingerprint density at radius 3 is 2.44 bits per heavy atom. The SMILES string of the molecule is Cc1cc(C2CCN(C(O)c3ccc(=O)[nH]c3)CC2)c(C(F)(F)F)cc1C(=O)N=C(N)N. The Hall–Kier alpha value is -3.18. The van der Waals surface area contributed by atoms with Crippen molar-refractivity contribution in [2.24, 2.45) is 16.5 Å². The van der Waals surface area contributed by atoms with E-state index in [1.807, 2.05) is 0 Å². The van der Waals surface area contributed by atoms with E-state index in [9.17, 15) is 27.9 Å². The first kappa shape index (κ1) is 23.5. The molecule has 2 aromatic rings. The molecule has 11 heteroatoms. The minimum absolute atomic E-state index is 0.106. The number of carbonyl (C=O) groups is 1. The molecule has 1 aliphatic heterocycles. The van der Waals surface area contributed by atoms with Crippen LogP contribution in [0.15, 0.2) is 40.2 Å². The second kappa shape index (κ2) is 9.13. The van der Waals surface area contributed by atoms with Gasteiger partial charge in [0.05, 0.1) is 5.56 Å². The lowest BCUT2D eigenvalue weighted by Gasteiger charge is -2.36. The highest BCUT2D eigenvalue weighted by atomic mass is 19.4. The van der Waals surface area contributed by atoms with Crippen LogP contribution in [0.2, 0.25) is 0 Å². The molecule has 1 atom stereocenters. The first-order valence-corrected chi connectivity index (χ1v) is 9.94. The lowest BCUT2D eigenvalue weighted by molar-refractivity contribution is -0.138. The molecule has 0 spiro atoms. The molecule has 172 valence electrons. The summed E-state index contributed by atoms with van der Waals surface area (Å²) in [6.07, 6.45) is -3.47. The number of halogens is 3. The van der Waals surface area contributed by atoms with Crippen LogP contribution < -0.4 is 17.0 Å². The molecule has 1 amide bonds. The first-order valence-electron chi connectivity index (χ1n) is 9.94. The zero-order valence-corrected chi connectivity index (χ0v) is 17.3. The van der Waals surface area contributed by atoms with Gasteiger partial charge in [-0.1, -0.05) is 6.07 Å². The fourth-order valence-corrected chi connectivity index (χ4v) is 3.97. The van der Waals surface area contributed by atoms with E-state index < -0.39 is 35.8 Å². The van der Waals surface area contributed by atoms with E-state index in [4.69, 9.17) is 11.5 Å². The number of hydrogen-bond acceptors (Lipinski definition) is 4. The van der Waals surface area contributed by atoms with Crippen LogP contribution in [-0.4, -0.2) is 39.9 Å². The number of aliphatic imine (C=N–C) groups is 1. The molecule has 1 aromatic carbocycles. The maximum atomic E-state index is 13.8. The fourth-order valence-electron chi connectivity index (χ4n) is 3.97. The van der Waals surface area contributed by atoms with E-state index in [1.54, 1.807) is 4.90 Å². The Bertz CT molecular complexity index is 1060. The van der Waals surface area contributed by atoms with Crippen LogP contribution in [0, 0.1) is 6.92 Å². The second-order valence-electron chi connectivity index (χ2n) is 7.76. The number of piperidine rings is 1. The molecule has 1 unspecified atom stereocenters. The van der Waals surface area contributed by atoms with Crippen molar-refractivity contribution >= 4 is 11.9 Å². The Kier molecular flexibility index (Phi) is 6.70. The molecule has 1 saturated heterocycles. The van der Waals surface area contributed by atoms with E-state index in [1.165, 1.54) is 31.3 Å². The van der Waals surface area contributed by atoms with Crippen molar-refractivity contribution in [3.05, 3.63) is 68.6 Å². The van der Waals surface area contributed by atoms with Gasteiger partial charge in [0, 0.05) is 36.5 Å². The highest BCUT2D eigenvalue weighted by Crippen LogP contribution is 2.41. The number of pyridine rings is 1. The number of alkyl halides is 3. The van der Waals surface area contributed by atoms with Gasteiger partial charge in [0.25, 0.3) is 5.91 Å². The van der Waals surface area contributed by atoms with Crippen LogP contribution in [-0.2, 0) is 6.18 Å². The number of aryl methyl sites for hydroxylation is 1. The van der Waals surface area contributed by atoms with Crippen LogP contribution in [0.25, 0.3) is 0 Å². The Morgan fingerprint density at radius 2 is 1.91 bits per heavy atom. The number of hydrogen-bond donors (Lipinski definition) is 4. The molecule has 1 fully saturated rings. The van der Waals surface area contributed by atoms with Gasteiger partial charge in [0.2, 0.25) is 5.56 Å². The lowest BCUT2D eigenvalue weighted by atomic mass is 9.84. The minimum Gasteiger partial charge on any atom is -0.374 e. The zero-order chi connectivity index (χ0) is 23.6. The van der Waals surface area contributed by atoms with Crippen molar-refractivity contribution in [3.8, 4) is 0 Å². The maximum absolute atomic E-state index is 13.8. The van der Waals surface area contributed by atoms with E-state index in [-0.39, 0.29) is 16.7 Å². The highest BCUT2D eigenvalue weighted by Gasteiger charge is 2.38. The van der Waals surface area contributed by atoms with Crippen molar-refractivity contribution in [2.75, 3.05) is 13.1 Å². The summed E-state index contributed by atoms with van der Waals surface area (Å²) >= 11 is 0. The standard InChI is InChI=1S/C21H24F3N5O3/c1-11-8-15(16(21(22,23)24)9-14(11)18(31)28-20(25)26)12-4-6-29(7-5-12)19(32)13-2-3-17(30)27-10-13/h2-3,8-10,12,19,32H,4-7H2,1H3,(H,27,30)(H4,25,26,28,31). The van der Waals surface area contributed by atoms with Gasteiger partial charge in [-0.2, -0.15) is 18.2 Å². The van der Waals surface area contributed by atoms with Crippen molar-refractivity contribution in [2.45, 2.75) is 38.1 Å². The number of amides is 1. The lowest BCUT2D eigenvalue weighted by Crippen LogP contribution is -2.36. The van der Waals surface area contributed by atoms with Gasteiger partial charge in [-0.05, 0) is 48.9 Å². The van der Waals surface area contributed by atoms with Gasteiger partial charge >= 0.3 is 6.18 Å². The average molecular weight is 451 g/mol. The van der Waals surface area contributed by atoms with Gasteiger partial charge in [0.15, 0.2) is 5.96 Å². The summed E-state index contributed by atoms with van der Waals surface area (Å²) in [5.74, 6) is -1.87. The van der Waals surface area contributed by atoms with Gasteiger partial charge in [0.1, 0.15) is 6.23 Å². The molecule has 2 heterocycles. The predicted molar refractivity (Wildman–Crippen MR) is 112 cm³/mol. The number of H-pyrrole nitrogens is 1. The maximum Gasteiger partial charge on any atom is 0.416 e. The molecule has 0 radical (unpaired) electrons. The van der Waals surface area contributed by atoms with Crippen molar-refractivity contribution in [1.82, 2.24) is 9.88 Å². The summed E-state index contributed by atoms with van der Waals surface area (Å²) in [6.45, 7) is 2.25. The topological polar surface area (TPSA) is 138 Å². The zero-order valence-electron chi connectivity index (χ0n) is 17.3. The summed E-state index contributed by atoms with van der Waals surface area (Å²) in [7, 11) is 0. The third kappa shape index (κ3) is 5.17. The van der Waals surface area contributed by atoms with Crippen LogP contribution >= 0.6 is 0 Å². The van der Waals surface area contributed by atoms with Gasteiger partial charge in [-0.15, -0.1) is 0 Å². The minimum atomic E-state index is -4.66. The second-order valence-corrected chi connectivity index (χ2v) is 7.76. The molecule has 0 bridgehead atoms. The van der Waals surface area contributed by atoms with Crippen molar-refractivity contribution < 1.29 is 23.1 Å². The number of guanidine groups is 1. The average Bonchev–Trinajstić information content (AvgIpc) is 2.72. The van der Waals surface area contributed by atoms with E-state index >= 15 is 0 Å².